The third-order valence-electron chi connectivity index (χ3n) is 2.20. The average molecular weight is 189 g/mol. The maximum absolute atomic E-state index is 12.0. The van der Waals surface area contributed by atoms with Gasteiger partial charge in [0.15, 0.2) is 0 Å². The van der Waals surface area contributed by atoms with E-state index in [9.17, 15) is 8.78 Å². The van der Waals surface area contributed by atoms with Gasteiger partial charge < -0.3 is 10.5 Å². The van der Waals surface area contributed by atoms with E-state index < -0.39 is 18.3 Å². The number of alkyl halides is 2. The summed E-state index contributed by atoms with van der Waals surface area (Å²) in [4.78, 5) is 0. The van der Waals surface area contributed by atoms with Gasteiger partial charge in [-0.15, -0.1) is 0 Å². The van der Waals surface area contributed by atoms with Gasteiger partial charge in [0.25, 0.3) is 0 Å². The van der Waals surface area contributed by atoms with Gasteiger partial charge in [-0.05, 0) is 6.42 Å². The normalized spacial score (nSPS) is 32.8. The minimum atomic E-state index is -2.78. The Morgan fingerprint density at radius 1 is 1.54 bits per heavy atom. The molecule has 1 unspecified atom stereocenters. The highest BCUT2D eigenvalue weighted by atomic mass is 19.3. The molecule has 0 fully saturated rings. The minimum absolute atomic E-state index is 0.561. The fraction of sp³-hybridized carbons (Fsp3) is 0.556. The number of allylic oxidation sites excluding steroid dienone is 2. The molecule has 1 rings (SSSR count). The highest BCUT2D eigenvalue weighted by Crippen LogP contribution is 2.23. The van der Waals surface area contributed by atoms with Crippen LogP contribution in [0.15, 0.2) is 24.3 Å². The molecule has 74 valence electrons. The van der Waals surface area contributed by atoms with E-state index in [1.54, 1.807) is 24.3 Å². The van der Waals surface area contributed by atoms with Crippen LogP contribution in [0.4, 0.5) is 8.78 Å². The molecule has 2 N–H and O–H groups in total. The van der Waals surface area contributed by atoms with Crippen molar-refractivity contribution in [2.75, 3.05) is 0 Å². The number of ether oxygens (including phenoxy) is 1. The van der Waals surface area contributed by atoms with Crippen LogP contribution in [-0.2, 0) is 4.74 Å². The largest absolute Gasteiger partial charge is 0.345 e. The quantitative estimate of drug-likeness (QED) is 0.735. The summed E-state index contributed by atoms with van der Waals surface area (Å²) >= 11 is 0. The van der Waals surface area contributed by atoms with E-state index in [-0.39, 0.29) is 0 Å². The van der Waals surface area contributed by atoms with Crippen LogP contribution in [0.2, 0.25) is 0 Å². The van der Waals surface area contributed by atoms with Crippen molar-refractivity contribution in [3.8, 4) is 0 Å². The smallest absolute Gasteiger partial charge is 0.319 e. The maximum Gasteiger partial charge on any atom is 0.345 e. The molecule has 0 bridgehead atoms. The predicted octanol–water partition coefficient (Wildman–Crippen LogP) is 1.83. The molecular formula is C9H13F2NO. The molecule has 0 saturated heterocycles. The molecule has 0 aromatic heterocycles. The molecule has 0 aliphatic heterocycles. The lowest BCUT2D eigenvalue weighted by atomic mass is 9.87. The molecule has 13 heavy (non-hydrogen) atoms. The summed E-state index contributed by atoms with van der Waals surface area (Å²) < 4.78 is 28.3. The molecule has 0 aromatic rings. The van der Waals surface area contributed by atoms with Crippen molar-refractivity contribution in [2.45, 2.75) is 31.6 Å². The first-order valence-corrected chi connectivity index (χ1v) is 4.17. The molecule has 1 aliphatic rings. The van der Waals surface area contributed by atoms with E-state index in [4.69, 9.17) is 5.73 Å². The van der Waals surface area contributed by atoms with Gasteiger partial charge in [0.2, 0.25) is 0 Å². The second-order valence-electron chi connectivity index (χ2n) is 3.03. The average Bonchev–Trinajstić information content (AvgIpc) is 2.09. The first kappa shape index (κ1) is 10.3. The first-order valence-electron chi connectivity index (χ1n) is 4.17. The summed E-state index contributed by atoms with van der Waals surface area (Å²) in [5.41, 5.74) is 5.05. The molecule has 4 heteroatoms. The standard InChI is InChI=1S/C9H13F2NO/c1-2-9(12)6-4-3-5-7(9)13-8(10)11/h3-8H,2,12H2,1H3/t7?,9-/m0/s1. The highest BCUT2D eigenvalue weighted by molar-refractivity contribution is 5.24. The van der Waals surface area contributed by atoms with Crippen LogP contribution >= 0.6 is 0 Å². The van der Waals surface area contributed by atoms with Crippen molar-refractivity contribution >= 4 is 0 Å². The number of hydrogen-bond acceptors (Lipinski definition) is 2. The second-order valence-corrected chi connectivity index (χ2v) is 3.03. The van der Waals surface area contributed by atoms with Crippen LogP contribution in [0.1, 0.15) is 13.3 Å². The van der Waals surface area contributed by atoms with Crippen molar-refractivity contribution in [1.29, 1.82) is 0 Å². The van der Waals surface area contributed by atoms with Crippen molar-refractivity contribution in [3.05, 3.63) is 24.3 Å². The number of rotatable bonds is 3. The minimum Gasteiger partial charge on any atom is -0.319 e. The number of hydrogen-bond donors (Lipinski definition) is 1. The Kier molecular flexibility index (Phi) is 3.17. The van der Waals surface area contributed by atoms with E-state index >= 15 is 0 Å². The van der Waals surface area contributed by atoms with Gasteiger partial charge in [0.05, 0.1) is 5.54 Å². The Morgan fingerprint density at radius 3 is 2.77 bits per heavy atom. The van der Waals surface area contributed by atoms with E-state index in [1.807, 2.05) is 6.92 Å². The Labute approximate surface area is 76.1 Å². The van der Waals surface area contributed by atoms with Gasteiger partial charge in [0, 0.05) is 0 Å². The lowest BCUT2D eigenvalue weighted by molar-refractivity contribution is -0.162. The molecule has 0 spiro atoms. The third-order valence-corrected chi connectivity index (χ3v) is 2.20. The van der Waals surface area contributed by atoms with Crippen molar-refractivity contribution in [3.63, 3.8) is 0 Å². The van der Waals surface area contributed by atoms with Crippen molar-refractivity contribution < 1.29 is 13.5 Å². The summed E-state index contributed by atoms with van der Waals surface area (Å²) in [6, 6.07) is 0. The molecule has 0 aromatic carbocycles. The van der Waals surface area contributed by atoms with Gasteiger partial charge in [-0.25, -0.2) is 0 Å². The monoisotopic (exact) mass is 189 g/mol. The van der Waals surface area contributed by atoms with Gasteiger partial charge in [-0.2, -0.15) is 8.78 Å². The predicted molar refractivity (Wildman–Crippen MR) is 46.4 cm³/mol. The Bertz CT molecular complexity index is 228. The van der Waals surface area contributed by atoms with E-state index in [1.165, 1.54) is 0 Å². The molecule has 0 heterocycles. The molecule has 0 radical (unpaired) electrons. The fourth-order valence-corrected chi connectivity index (χ4v) is 1.28. The zero-order chi connectivity index (χ0) is 9.90. The number of halogens is 2. The third kappa shape index (κ3) is 2.35. The fourth-order valence-electron chi connectivity index (χ4n) is 1.28. The summed E-state index contributed by atoms with van der Waals surface area (Å²) in [6.07, 6.45) is 6.48. The van der Waals surface area contributed by atoms with Gasteiger partial charge in [-0.1, -0.05) is 31.2 Å². The van der Waals surface area contributed by atoms with Crippen LogP contribution in [0.3, 0.4) is 0 Å². The molecular weight excluding hydrogens is 176 g/mol. The summed E-state index contributed by atoms with van der Waals surface area (Å²) in [6.45, 7) is -0.943. The van der Waals surface area contributed by atoms with Crippen LogP contribution in [0, 0.1) is 0 Å². The van der Waals surface area contributed by atoms with Crippen molar-refractivity contribution in [2.24, 2.45) is 5.73 Å². The van der Waals surface area contributed by atoms with E-state index in [2.05, 4.69) is 4.74 Å². The zero-order valence-electron chi connectivity index (χ0n) is 7.41. The van der Waals surface area contributed by atoms with Crippen LogP contribution in [0.5, 0.6) is 0 Å². The van der Waals surface area contributed by atoms with Crippen LogP contribution < -0.4 is 5.73 Å². The van der Waals surface area contributed by atoms with E-state index in [0.717, 1.165) is 0 Å². The summed E-state index contributed by atoms with van der Waals surface area (Å²) in [5, 5.41) is 0. The first-order chi connectivity index (χ1) is 6.08. The van der Waals surface area contributed by atoms with Crippen LogP contribution in [-0.4, -0.2) is 18.3 Å². The summed E-state index contributed by atoms with van der Waals surface area (Å²) in [7, 11) is 0. The van der Waals surface area contributed by atoms with Crippen LogP contribution in [0.25, 0.3) is 0 Å². The lowest BCUT2D eigenvalue weighted by Gasteiger charge is -2.33. The molecule has 0 amide bonds. The van der Waals surface area contributed by atoms with Gasteiger partial charge in [0.1, 0.15) is 6.10 Å². The molecule has 0 saturated carbocycles. The zero-order valence-corrected chi connectivity index (χ0v) is 7.41. The lowest BCUT2D eigenvalue weighted by Crippen LogP contribution is -2.50. The highest BCUT2D eigenvalue weighted by Gasteiger charge is 2.33. The van der Waals surface area contributed by atoms with E-state index in [0.29, 0.717) is 6.42 Å². The molecule has 2 atom stereocenters. The van der Waals surface area contributed by atoms with Gasteiger partial charge >= 0.3 is 6.61 Å². The topological polar surface area (TPSA) is 35.2 Å². The number of nitrogens with two attached hydrogens (primary N) is 1. The Morgan fingerprint density at radius 2 is 2.23 bits per heavy atom. The van der Waals surface area contributed by atoms with Gasteiger partial charge in [-0.3, -0.25) is 0 Å². The Hall–Kier alpha value is -0.740. The Balaban J connectivity index is 2.71. The van der Waals surface area contributed by atoms with Crippen molar-refractivity contribution in [1.82, 2.24) is 0 Å². The SMILES string of the molecule is CC[C@]1(N)C=CC=CC1OC(F)F. The maximum atomic E-state index is 12.0. The summed E-state index contributed by atoms with van der Waals surface area (Å²) in [5.74, 6) is 0. The second kappa shape index (κ2) is 3.98. The molecule has 1 aliphatic carbocycles. The molecule has 2 nitrogen and oxygen atoms in total.